The highest BCUT2D eigenvalue weighted by atomic mass is 19.4. The van der Waals surface area contributed by atoms with Crippen molar-refractivity contribution < 1.29 is 31.1 Å². The number of anilines is 1. The first-order chi connectivity index (χ1) is 16.0. The topological polar surface area (TPSA) is 102 Å². The van der Waals surface area contributed by atoms with Gasteiger partial charge in [0.15, 0.2) is 5.82 Å². The first-order valence-corrected chi connectivity index (χ1v) is 9.55. The number of amides is 1. The number of hydrogen-bond donors (Lipinski definition) is 2. The Labute approximate surface area is 187 Å². The Kier molecular flexibility index (Phi) is 7.17. The lowest BCUT2D eigenvalue weighted by Gasteiger charge is -2.19. The van der Waals surface area contributed by atoms with Gasteiger partial charge in [0.05, 0.1) is 25.0 Å². The molecule has 3 heterocycles. The largest absolute Gasteiger partial charge is 0.433 e. The molecule has 0 saturated carbocycles. The van der Waals surface area contributed by atoms with Crippen molar-refractivity contribution in [3.05, 3.63) is 82.2 Å². The third-order valence-electron chi connectivity index (χ3n) is 4.45. The fourth-order valence-corrected chi connectivity index (χ4v) is 2.79. The lowest BCUT2D eigenvalue weighted by atomic mass is 10.2. The lowest BCUT2D eigenvalue weighted by molar-refractivity contribution is -0.145. The van der Waals surface area contributed by atoms with Gasteiger partial charge in [0.25, 0.3) is 5.56 Å². The molecule has 14 heteroatoms. The van der Waals surface area contributed by atoms with Gasteiger partial charge in [-0.3, -0.25) is 24.1 Å². The van der Waals surface area contributed by atoms with Gasteiger partial charge in [-0.15, -0.1) is 0 Å². The first-order valence-electron chi connectivity index (χ1n) is 9.55. The molecule has 0 aliphatic carbocycles. The predicted octanol–water partition coefficient (Wildman–Crippen LogP) is 2.71. The molecule has 3 rings (SSSR count). The molecule has 0 aliphatic heterocycles. The Balaban J connectivity index is 1.81. The maximum absolute atomic E-state index is 14.3. The Hall–Kier alpha value is -3.97. The Morgan fingerprint density at radius 3 is 2.38 bits per heavy atom. The van der Waals surface area contributed by atoms with Crippen LogP contribution in [0.3, 0.4) is 0 Å². The zero-order chi connectivity index (χ0) is 24.9. The number of pyridine rings is 2. The van der Waals surface area contributed by atoms with Crippen LogP contribution in [0.1, 0.15) is 17.1 Å². The molecule has 3 aromatic heterocycles. The van der Waals surface area contributed by atoms with Gasteiger partial charge in [-0.25, -0.2) is 9.37 Å². The van der Waals surface area contributed by atoms with Gasteiger partial charge in [-0.05, 0) is 24.3 Å². The Morgan fingerprint density at radius 1 is 1.00 bits per heavy atom. The minimum absolute atomic E-state index is 0.0400. The first kappa shape index (κ1) is 24.7. The number of halogens is 6. The van der Waals surface area contributed by atoms with Crippen LogP contribution in [0.4, 0.5) is 32.2 Å². The van der Waals surface area contributed by atoms with Crippen molar-refractivity contribution >= 4 is 11.7 Å². The van der Waals surface area contributed by atoms with Crippen molar-refractivity contribution in [2.75, 3.05) is 11.9 Å². The summed E-state index contributed by atoms with van der Waals surface area (Å²) in [7, 11) is 0. The quantitative estimate of drug-likeness (QED) is 0.475. The Bertz CT molecular complexity index is 1220. The molecule has 0 aliphatic rings. The number of rotatable bonds is 8. The summed E-state index contributed by atoms with van der Waals surface area (Å²) < 4.78 is 82.4. The van der Waals surface area contributed by atoms with E-state index in [0.29, 0.717) is 0 Å². The number of hydrogen-bond acceptors (Lipinski definition) is 6. The molecule has 0 radical (unpaired) electrons. The second-order valence-corrected chi connectivity index (χ2v) is 6.86. The molecule has 0 bridgehead atoms. The summed E-state index contributed by atoms with van der Waals surface area (Å²) in [6.07, 6.45) is -2.45. The van der Waals surface area contributed by atoms with Gasteiger partial charge in [0, 0.05) is 12.4 Å². The highest BCUT2D eigenvalue weighted by Gasteiger charge is 2.37. The fourth-order valence-electron chi connectivity index (χ4n) is 2.79. The molecule has 0 fully saturated rings. The van der Waals surface area contributed by atoms with E-state index in [1.54, 1.807) is 0 Å². The number of nitrogens with zero attached hydrogens (tertiary/aromatic N) is 4. The van der Waals surface area contributed by atoms with E-state index in [4.69, 9.17) is 0 Å². The lowest BCUT2D eigenvalue weighted by Crippen LogP contribution is -2.38. The van der Waals surface area contributed by atoms with E-state index in [1.807, 2.05) is 5.32 Å². The van der Waals surface area contributed by atoms with Crippen LogP contribution in [0.2, 0.25) is 0 Å². The maximum atomic E-state index is 14.3. The van der Waals surface area contributed by atoms with E-state index in [9.17, 15) is 35.9 Å². The minimum atomic E-state index is -5.07. The fraction of sp³-hybridized carbons (Fsp3) is 0.250. The summed E-state index contributed by atoms with van der Waals surface area (Å²) in [6, 6.07) is 6.14. The number of carbonyl (C=O) groups excluding carboxylic acids is 1. The Morgan fingerprint density at radius 2 is 1.74 bits per heavy atom. The molecule has 0 atom stereocenters. The third-order valence-corrected chi connectivity index (χ3v) is 4.45. The van der Waals surface area contributed by atoms with Crippen LogP contribution in [0.25, 0.3) is 0 Å². The van der Waals surface area contributed by atoms with Crippen LogP contribution >= 0.6 is 0 Å². The van der Waals surface area contributed by atoms with Crippen molar-refractivity contribution in [2.24, 2.45) is 0 Å². The van der Waals surface area contributed by atoms with Crippen LogP contribution in [0.5, 0.6) is 0 Å². The summed E-state index contributed by atoms with van der Waals surface area (Å²) in [5, 5.41) is 4.17. The highest BCUT2D eigenvalue weighted by Crippen LogP contribution is 2.29. The molecule has 0 spiro atoms. The normalized spacial score (nSPS) is 11.8. The van der Waals surface area contributed by atoms with Crippen molar-refractivity contribution in [1.82, 2.24) is 24.8 Å². The minimum Gasteiger partial charge on any atom is -0.359 e. The zero-order valence-electron chi connectivity index (χ0n) is 17.1. The van der Waals surface area contributed by atoms with E-state index in [2.05, 4.69) is 20.3 Å². The molecule has 0 unspecified atom stereocenters. The molecule has 34 heavy (non-hydrogen) atoms. The highest BCUT2D eigenvalue weighted by molar-refractivity contribution is 5.75. The average Bonchev–Trinajstić information content (AvgIpc) is 2.79. The van der Waals surface area contributed by atoms with Gasteiger partial charge >= 0.3 is 12.1 Å². The van der Waals surface area contributed by atoms with Gasteiger partial charge < -0.3 is 10.6 Å². The second-order valence-electron chi connectivity index (χ2n) is 6.86. The monoisotopic (exact) mass is 486 g/mol. The van der Waals surface area contributed by atoms with Crippen molar-refractivity contribution in [3.63, 3.8) is 0 Å². The van der Waals surface area contributed by atoms with E-state index in [-0.39, 0.29) is 16.5 Å². The SMILES string of the molecule is O=C(Cn1c(C(F)(F)F)cnc(NCC(F)(F)c2ccccn2)c1=O)NCc1ncccc1F. The standard InChI is InChI=1S/C20H16F6N6O2/c21-12-4-3-7-27-13(12)8-29-16(33)10-32-15(20(24,25)26)9-30-17(18(32)34)31-11-19(22,23)14-5-1-2-6-28-14/h1-7,9H,8,10-11H2,(H,29,33)(H,30,31). The third kappa shape index (κ3) is 5.88. The van der Waals surface area contributed by atoms with Gasteiger partial charge in [0.2, 0.25) is 5.91 Å². The van der Waals surface area contributed by atoms with E-state index in [0.717, 1.165) is 18.3 Å². The van der Waals surface area contributed by atoms with E-state index in [1.165, 1.54) is 24.4 Å². The molecule has 2 N–H and O–H groups in total. The molecular formula is C20H16F6N6O2. The summed E-state index contributed by atoms with van der Waals surface area (Å²) in [4.78, 5) is 35.3. The van der Waals surface area contributed by atoms with Crippen molar-refractivity contribution in [2.45, 2.75) is 25.2 Å². The molecule has 8 nitrogen and oxygen atoms in total. The summed E-state index contributed by atoms with van der Waals surface area (Å²) in [5.74, 6) is -6.23. The number of nitrogens with one attached hydrogen (secondary N) is 2. The van der Waals surface area contributed by atoms with Gasteiger partial charge in [0.1, 0.15) is 23.7 Å². The molecule has 3 aromatic rings. The second kappa shape index (κ2) is 9.89. The predicted molar refractivity (Wildman–Crippen MR) is 106 cm³/mol. The van der Waals surface area contributed by atoms with Crippen molar-refractivity contribution in [1.29, 1.82) is 0 Å². The summed E-state index contributed by atoms with van der Waals surface area (Å²) >= 11 is 0. The average molecular weight is 486 g/mol. The van der Waals surface area contributed by atoms with E-state index >= 15 is 0 Å². The molecule has 0 saturated heterocycles. The van der Waals surface area contributed by atoms with Crippen LogP contribution < -0.4 is 16.2 Å². The molecule has 1 amide bonds. The molecular weight excluding hydrogens is 470 g/mol. The van der Waals surface area contributed by atoms with Crippen LogP contribution in [-0.4, -0.2) is 32.0 Å². The molecule has 180 valence electrons. The van der Waals surface area contributed by atoms with Crippen LogP contribution in [0, 0.1) is 5.82 Å². The van der Waals surface area contributed by atoms with Gasteiger partial charge in [-0.2, -0.15) is 22.0 Å². The summed E-state index contributed by atoms with van der Waals surface area (Å²) in [6.45, 7) is -2.77. The number of alkyl halides is 5. The number of carbonyl (C=O) groups is 1. The van der Waals surface area contributed by atoms with E-state index < -0.39 is 66.2 Å². The van der Waals surface area contributed by atoms with Crippen molar-refractivity contribution in [3.8, 4) is 0 Å². The van der Waals surface area contributed by atoms with Crippen LogP contribution in [-0.2, 0) is 30.0 Å². The molecule has 0 aromatic carbocycles. The summed E-state index contributed by atoms with van der Waals surface area (Å²) in [5.41, 5.74) is -3.83. The van der Waals surface area contributed by atoms with Gasteiger partial charge in [-0.1, -0.05) is 6.07 Å². The van der Waals surface area contributed by atoms with Crippen LogP contribution in [0.15, 0.2) is 53.7 Å². The smallest absolute Gasteiger partial charge is 0.359 e. The maximum Gasteiger partial charge on any atom is 0.433 e. The number of aromatic nitrogens is 4. The zero-order valence-corrected chi connectivity index (χ0v) is 17.1.